The fourth-order valence-corrected chi connectivity index (χ4v) is 5.26. The summed E-state index contributed by atoms with van der Waals surface area (Å²) in [6.45, 7) is 6.53. The number of hydrogen-bond donors (Lipinski definition) is 1. The van der Waals surface area contributed by atoms with Crippen LogP contribution in [-0.2, 0) is 10.0 Å². The average Bonchev–Trinajstić information content (AvgIpc) is 2.60. The van der Waals surface area contributed by atoms with Gasteiger partial charge in [-0.25, -0.2) is 0 Å². The van der Waals surface area contributed by atoms with Crippen molar-refractivity contribution in [3.05, 3.63) is 23.8 Å². The van der Waals surface area contributed by atoms with Crippen LogP contribution in [0.4, 0.5) is 5.69 Å². The van der Waals surface area contributed by atoms with Gasteiger partial charge in [-0.05, 0) is 43.9 Å². The first-order valence-corrected chi connectivity index (χ1v) is 11.8. The van der Waals surface area contributed by atoms with Gasteiger partial charge in [0, 0.05) is 18.2 Å². The van der Waals surface area contributed by atoms with Crippen LogP contribution < -0.4 is 10.2 Å². The molecule has 28 heavy (non-hydrogen) atoms. The summed E-state index contributed by atoms with van der Waals surface area (Å²) in [5.74, 6) is 0.610. The van der Waals surface area contributed by atoms with E-state index in [0.717, 1.165) is 25.7 Å². The molecule has 0 unspecified atom stereocenters. The van der Waals surface area contributed by atoms with Crippen molar-refractivity contribution in [2.45, 2.75) is 76.7 Å². The Morgan fingerprint density at radius 3 is 2.46 bits per heavy atom. The third-order valence-electron chi connectivity index (χ3n) is 5.42. The van der Waals surface area contributed by atoms with Gasteiger partial charge in [-0.15, -0.1) is 4.40 Å². The Bertz CT molecular complexity index is 854. The number of nitrogens with one attached hydrogen (secondary N) is 1. The first-order valence-electron chi connectivity index (χ1n) is 10.3. The maximum atomic E-state index is 12.8. The van der Waals surface area contributed by atoms with Gasteiger partial charge in [0.1, 0.15) is 10.7 Å². The van der Waals surface area contributed by atoms with E-state index < -0.39 is 10.0 Å². The van der Waals surface area contributed by atoms with Gasteiger partial charge >= 0.3 is 0 Å². The zero-order chi connectivity index (χ0) is 20.3. The SMILES string of the molecule is CC1=NS(=O)(=O)c2cc(C(=O)NC3CCCCCCC3)ccc2N1CC(C)C. The third kappa shape index (κ3) is 4.74. The normalized spacial score (nSPS) is 20.1. The standard InChI is InChI=1S/C21H31N3O3S/c1-15(2)14-24-16(3)23-28(26,27)20-13-17(11-12-19(20)24)21(25)22-18-9-7-5-4-6-8-10-18/h11-13,15,18H,4-10,14H2,1-3H3,(H,22,25). The van der Waals surface area contributed by atoms with E-state index in [4.69, 9.17) is 0 Å². The van der Waals surface area contributed by atoms with E-state index >= 15 is 0 Å². The summed E-state index contributed by atoms with van der Waals surface area (Å²) in [4.78, 5) is 14.8. The zero-order valence-electron chi connectivity index (χ0n) is 17.1. The highest BCUT2D eigenvalue weighted by molar-refractivity contribution is 7.90. The summed E-state index contributed by atoms with van der Waals surface area (Å²) in [5.41, 5.74) is 0.979. The molecule has 3 rings (SSSR count). The number of rotatable bonds is 4. The molecule has 1 aromatic rings. The van der Waals surface area contributed by atoms with Gasteiger partial charge in [0.15, 0.2) is 0 Å². The summed E-state index contributed by atoms with van der Waals surface area (Å²) < 4.78 is 29.1. The molecule has 0 atom stereocenters. The second-order valence-electron chi connectivity index (χ2n) is 8.32. The minimum Gasteiger partial charge on any atom is -0.349 e. The van der Waals surface area contributed by atoms with Crippen molar-refractivity contribution in [2.75, 3.05) is 11.4 Å². The number of nitrogens with zero attached hydrogens (tertiary/aromatic N) is 2. The number of benzene rings is 1. The van der Waals surface area contributed by atoms with Gasteiger partial charge in [-0.1, -0.05) is 46.0 Å². The van der Waals surface area contributed by atoms with E-state index in [1.165, 1.54) is 25.3 Å². The van der Waals surface area contributed by atoms with Crippen molar-refractivity contribution in [2.24, 2.45) is 10.3 Å². The lowest BCUT2D eigenvalue weighted by atomic mass is 9.96. The molecule has 1 saturated carbocycles. The highest BCUT2D eigenvalue weighted by atomic mass is 32.2. The second-order valence-corrected chi connectivity index (χ2v) is 9.89. The monoisotopic (exact) mass is 405 g/mol. The van der Waals surface area contributed by atoms with Gasteiger partial charge < -0.3 is 10.2 Å². The number of anilines is 1. The average molecular weight is 406 g/mol. The summed E-state index contributed by atoms with van der Waals surface area (Å²) in [7, 11) is -3.79. The van der Waals surface area contributed by atoms with E-state index in [0.29, 0.717) is 29.5 Å². The van der Waals surface area contributed by atoms with Crippen LogP contribution in [0.1, 0.15) is 76.1 Å². The van der Waals surface area contributed by atoms with Gasteiger partial charge in [-0.3, -0.25) is 4.79 Å². The summed E-state index contributed by atoms with van der Waals surface area (Å²) in [5, 5.41) is 3.11. The van der Waals surface area contributed by atoms with Crippen molar-refractivity contribution in [3.8, 4) is 0 Å². The Morgan fingerprint density at radius 2 is 1.82 bits per heavy atom. The highest BCUT2D eigenvalue weighted by Crippen LogP contribution is 2.33. The Kier molecular flexibility index (Phi) is 6.43. The fourth-order valence-electron chi connectivity index (χ4n) is 4.00. The van der Waals surface area contributed by atoms with Crippen LogP contribution in [0, 0.1) is 5.92 Å². The van der Waals surface area contributed by atoms with E-state index in [9.17, 15) is 13.2 Å². The number of carbonyl (C=O) groups excluding carboxylic acids is 1. The summed E-state index contributed by atoms with van der Waals surface area (Å²) in [6, 6.07) is 5.10. The molecular weight excluding hydrogens is 374 g/mol. The molecular formula is C21H31N3O3S. The largest absolute Gasteiger partial charge is 0.349 e. The molecule has 0 radical (unpaired) electrons. The maximum absolute atomic E-state index is 12.8. The molecule has 1 fully saturated rings. The minimum absolute atomic E-state index is 0.115. The molecule has 6 nitrogen and oxygen atoms in total. The zero-order valence-corrected chi connectivity index (χ0v) is 17.9. The van der Waals surface area contributed by atoms with Crippen molar-refractivity contribution >= 4 is 27.5 Å². The molecule has 1 heterocycles. The Hall–Kier alpha value is -1.89. The Morgan fingerprint density at radius 1 is 1.18 bits per heavy atom. The maximum Gasteiger partial charge on any atom is 0.286 e. The molecule has 1 aromatic carbocycles. The molecule has 154 valence electrons. The number of fused-ring (bicyclic) bond motifs is 1. The number of amides is 1. The van der Waals surface area contributed by atoms with E-state index in [-0.39, 0.29) is 16.8 Å². The van der Waals surface area contributed by atoms with Crippen molar-refractivity contribution in [3.63, 3.8) is 0 Å². The van der Waals surface area contributed by atoms with Crippen LogP contribution in [0.15, 0.2) is 27.5 Å². The molecule has 1 aliphatic heterocycles. The second kappa shape index (κ2) is 8.64. The fraction of sp³-hybridized carbons (Fsp3) is 0.619. The van der Waals surface area contributed by atoms with Gasteiger partial charge in [0.25, 0.3) is 15.9 Å². The van der Waals surface area contributed by atoms with Gasteiger partial charge in [0.05, 0.1) is 5.69 Å². The van der Waals surface area contributed by atoms with E-state index in [1.807, 2.05) is 4.90 Å². The lowest BCUT2D eigenvalue weighted by molar-refractivity contribution is 0.0930. The number of carbonyl (C=O) groups is 1. The molecule has 1 N–H and O–H groups in total. The first-order chi connectivity index (χ1) is 13.3. The molecule has 1 amide bonds. The molecule has 0 aromatic heterocycles. The van der Waals surface area contributed by atoms with E-state index in [2.05, 4.69) is 23.6 Å². The molecule has 0 spiro atoms. The molecule has 2 aliphatic rings. The Balaban J connectivity index is 1.85. The molecule has 1 aliphatic carbocycles. The van der Waals surface area contributed by atoms with Crippen LogP contribution in [0.3, 0.4) is 0 Å². The minimum atomic E-state index is -3.79. The highest BCUT2D eigenvalue weighted by Gasteiger charge is 2.30. The lowest BCUT2D eigenvalue weighted by Crippen LogP contribution is -2.37. The van der Waals surface area contributed by atoms with Gasteiger partial charge in [0.2, 0.25) is 0 Å². The topological polar surface area (TPSA) is 78.8 Å². The van der Waals surface area contributed by atoms with Crippen LogP contribution in [-0.4, -0.2) is 32.7 Å². The lowest BCUT2D eigenvalue weighted by Gasteiger charge is -2.31. The van der Waals surface area contributed by atoms with Crippen LogP contribution in [0.25, 0.3) is 0 Å². The number of sulfonamides is 1. The Labute approximate surface area is 168 Å². The van der Waals surface area contributed by atoms with Crippen molar-refractivity contribution in [1.29, 1.82) is 0 Å². The predicted octanol–water partition coefficient (Wildman–Crippen LogP) is 4.11. The van der Waals surface area contributed by atoms with Crippen LogP contribution >= 0.6 is 0 Å². The van der Waals surface area contributed by atoms with Crippen molar-refractivity contribution < 1.29 is 13.2 Å². The quantitative estimate of drug-likeness (QED) is 0.817. The van der Waals surface area contributed by atoms with E-state index in [1.54, 1.807) is 19.1 Å². The third-order valence-corrected chi connectivity index (χ3v) is 6.81. The van der Waals surface area contributed by atoms with Gasteiger partial charge in [-0.2, -0.15) is 8.42 Å². The first kappa shape index (κ1) is 20.8. The molecule has 7 heteroatoms. The van der Waals surface area contributed by atoms with Crippen molar-refractivity contribution in [1.82, 2.24) is 5.32 Å². The molecule has 0 saturated heterocycles. The smallest absolute Gasteiger partial charge is 0.286 e. The predicted molar refractivity (Wildman–Crippen MR) is 112 cm³/mol. The summed E-state index contributed by atoms with van der Waals surface area (Å²) in [6.07, 6.45) is 7.93. The van der Waals surface area contributed by atoms with Crippen LogP contribution in [0.2, 0.25) is 0 Å². The molecule has 0 bridgehead atoms. The number of amidine groups is 1. The van der Waals surface area contributed by atoms with Crippen LogP contribution in [0.5, 0.6) is 0 Å². The number of hydrogen-bond acceptors (Lipinski definition) is 4. The summed E-state index contributed by atoms with van der Waals surface area (Å²) >= 11 is 0.